The van der Waals surface area contributed by atoms with Gasteiger partial charge in [0.15, 0.2) is 0 Å². The van der Waals surface area contributed by atoms with Crippen LogP contribution in [0, 0.1) is 11.8 Å². The molecule has 1 aromatic heterocycles. The van der Waals surface area contributed by atoms with Gasteiger partial charge >= 0.3 is 0 Å². The maximum atomic E-state index is 7.22. The molecule has 3 aromatic rings. The van der Waals surface area contributed by atoms with Gasteiger partial charge in [-0.2, -0.15) is 11.8 Å². The minimum atomic E-state index is -0.312. The molecule has 49 heavy (non-hydrogen) atoms. The highest BCUT2D eigenvalue weighted by atomic mass is 32.2. The Labute approximate surface area is 306 Å². The maximum absolute atomic E-state index is 7.22. The molecule has 2 aromatic carbocycles. The number of allylic oxidation sites excluding steroid dienone is 3. The molecule has 3 unspecified atom stereocenters. The molecule has 3 atom stereocenters. The first-order chi connectivity index (χ1) is 23.8. The molecule has 0 spiro atoms. The third-order valence-electron chi connectivity index (χ3n) is 9.98. The van der Waals surface area contributed by atoms with E-state index in [1.165, 1.54) is 65.5 Å². The fraction of sp³-hybridized carbons (Fsp3) is 0.500. The number of thioether (sulfide) groups is 1. The van der Waals surface area contributed by atoms with Crippen LogP contribution in [0.15, 0.2) is 78.4 Å². The summed E-state index contributed by atoms with van der Waals surface area (Å²) in [5.74, 6) is 2.81. The van der Waals surface area contributed by atoms with E-state index in [0.29, 0.717) is 11.8 Å². The Hall–Kier alpha value is -2.88. The Kier molecular flexibility index (Phi) is 19.6. The van der Waals surface area contributed by atoms with Crippen molar-refractivity contribution in [2.24, 2.45) is 17.6 Å². The molecule has 268 valence electrons. The Morgan fingerprint density at radius 1 is 0.918 bits per heavy atom. The molecule has 5 rings (SSSR count). The van der Waals surface area contributed by atoms with Crippen LogP contribution in [0.1, 0.15) is 146 Å². The number of rotatable bonds is 11. The summed E-state index contributed by atoms with van der Waals surface area (Å²) < 4.78 is 0. The highest BCUT2D eigenvalue weighted by Crippen LogP contribution is 2.40. The standard InChI is InChI=1S/C40H50N2S.3C2H6/c1-29-12-10-17-34-23-25-37(42-39(34)26-29)24-20-31-13-11-18-35(27-31)36(28-43-4)22-21-33-16-8-9-19-38(33)40(3,41)30(2)32-14-6-5-7-15-32;3*1-2/h8-13,16,18-20,23-27,30,32,36H,5-7,14-15,17,21-22,28,41H2,1-4H3;3*1-2H3/b24-20+;;;. The van der Waals surface area contributed by atoms with Gasteiger partial charge in [0.1, 0.15) is 0 Å². The predicted octanol–water partition coefficient (Wildman–Crippen LogP) is 13.3. The molecular formula is C46H68N2S. The number of aryl methyl sites for hydroxylation is 1. The summed E-state index contributed by atoms with van der Waals surface area (Å²) in [6, 6.07) is 22.4. The lowest BCUT2D eigenvalue weighted by molar-refractivity contribution is 0.175. The van der Waals surface area contributed by atoms with E-state index in [-0.39, 0.29) is 5.54 Å². The van der Waals surface area contributed by atoms with E-state index >= 15 is 0 Å². The molecule has 1 heterocycles. The number of benzene rings is 2. The zero-order valence-corrected chi connectivity index (χ0v) is 33.5. The fourth-order valence-corrected chi connectivity index (χ4v) is 7.92. The van der Waals surface area contributed by atoms with Crippen molar-refractivity contribution in [3.8, 4) is 0 Å². The van der Waals surface area contributed by atoms with Gasteiger partial charge in [0, 0.05) is 5.54 Å². The molecule has 1 saturated carbocycles. The maximum Gasteiger partial charge on any atom is 0.0674 e. The number of fused-ring (bicyclic) bond motifs is 1. The summed E-state index contributed by atoms with van der Waals surface area (Å²) in [5.41, 5.74) is 16.9. The smallest absolute Gasteiger partial charge is 0.0674 e. The first kappa shape index (κ1) is 42.3. The first-order valence-corrected chi connectivity index (χ1v) is 20.7. The molecule has 2 aliphatic carbocycles. The summed E-state index contributed by atoms with van der Waals surface area (Å²) >= 11 is 1.94. The van der Waals surface area contributed by atoms with Gasteiger partial charge in [-0.1, -0.05) is 153 Å². The molecule has 3 heteroatoms. The summed E-state index contributed by atoms with van der Waals surface area (Å²) in [6.45, 7) is 18.8. The fourth-order valence-electron chi connectivity index (χ4n) is 7.15. The van der Waals surface area contributed by atoms with Crippen molar-refractivity contribution in [2.45, 2.75) is 125 Å². The molecule has 1 fully saturated rings. The number of pyridine rings is 1. The molecule has 0 bridgehead atoms. The van der Waals surface area contributed by atoms with Crippen molar-refractivity contribution in [1.29, 1.82) is 0 Å². The van der Waals surface area contributed by atoms with Crippen LogP contribution in [0.2, 0.25) is 0 Å². The monoisotopic (exact) mass is 681 g/mol. The van der Waals surface area contributed by atoms with Crippen LogP contribution in [-0.4, -0.2) is 17.0 Å². The average Bonchev–Trinajstić information content (AvgIpc) is 3.35. The van der Waals surface area contributed by atoms with E-state index in [0.717, 1.165) is 42.3 Å². The highest BCUT2D eigenvalue weighted by Gasteiger charge is 2.36. The molecular weight excluding hydrogens is 613 g/mol. The van der Waals surface area contributed by atoms with Gasteiger partial charge in [-0.3, -0.25) is 0 Å². The quantitative estimate of drug-likeness (QED) is 0.219. The summed E-state index contributed by atoms with van der Waals surface area (Å²) in [6.07, 6.45) is 23.0. The lowest BCUT2D eigenvalue weighted by atomic mass is 9.68. The largest absolute Gasteiger partial charge is 0.321 e. The van der Waals surface area contributed by atoms with Crippen LogP contribution in [-0.2, 0) is 18.4 Å². The SMILES string of the molecule is CC.CC.CC.CSCC(CCc1ccccc1C(C)(N)C(C)C1CCCCC1)c1cccc(/C=C/c2ccc3c(n2)C=C(C)C=CC3)c1. The zero-order valence-electron chi connectivity index (χ0n) is 32.7. The van der Waals surface area contributed by atoms with E-state index in [2.05, 4.69) is 118 Å². The van der Waals surface area contributed by atoms with Crippen LogP contribution in [0.3, 0.4) is 0 Å². The molecule has 2 N–H and O–H groups in total. The highest BCUT2D eigenvalue weighted by molar-refractivity contribution is 7.98. The summed E-state index contributed by atoms with van der Waals surface area (Å²) in [7, 11) is 0. The second-order valence-electron chi connectivity index (χ2n) is 13.1. The van der Waals surface area contributed by atoms with E-state index in [1.807, 2.05) is 53.3 Å². The Morgan fingerprint density at radius 3 is 2.35 bits per heavy atom. The number of hydrogen-bond acceptors (Lipinski definition) is 3. The zero-order chi connectivity index (χ0) is 36.2. The topological polar surface area (TPSA) is 38.9 Å². The van der Waals surface area contributed by atoms with Gasteiger partial charge in [0.2, 0.25) is 0 Å². The lowest BCUT2D eigenvalue weighted by Gasteiger charge is -2.40. The van der Waals surface area contributed by atoms with E-state index in [4.69, 9.17) is 10.7 Å². The van der Waals surface area contributed by atoms with Crippen molar-refractivity contribution < 1.29 is 0 Å². The first-order valence-electron chi connectivity index (χ1n) is 19.3. The van der Waals surface area contributed by atoms with Crippen molar-refractivity contribution in [2.75, 3.05) is 12.0 Å². The van der Waals surface area contributed by atoms with Crippen LogP contribution in [0.5, 0.6) is 0 Å². The van der Waals surface area contributed by atoms with Gasteiger partial charge in [0.05, 0.1) is 11.4 Å². The van der Waals surface area contributed by atoms with E-state index in [1.54, 1.807) is 0 Å². The van der Waals surface area contributed by atoms with Crippen LogP contribution in [0.25, 0.3) is 18.2 Å². The number of aromatic nitrogens is 1. The second kappa shape index (κ2) is 22.8. The molecule has 0 saturated heterocycles. The Balaban J connectivity index is 0.00000132. The minimum absolute atomic E-state index is 0.312. The summed E-state index contributed by atoms with van der Waals surface area (Å²) in [4.78, 5) is 4.94. The van der Waals surface area contributed by atoms with Crippen molar-refractivity contribution in [1.82, 2.24) is 4.98 Å². The Bertz CT molecular complexity index is 1460. The summed E-state index contributed by atoms with van der Waals surface area (Å²) in [5, 5.41) is 0. The van der Waals surface area contributed by atoms with Gasteiger partial charge < -0.3 is 5.73 Å². The molecule has 0 radical (unpaired) electrons. The van der Waals surface area contributed by atoms with Crippen LogP contribution < -0.4 is 5.73 Å². The third-order valence-corrected chi connectivity index (χ3v) is 10.7. The van der Waals surface area contributed by atoms with Crippen molar-refractivity contribution in [3.63, 3.8) is 0 Å². The molecule has 0 aliphatic heterocycles. The number of nitrogens with zero attached hydrogens (tertiary/aromatic N) is 1. The lowest BCUT2D eigenvalue weighted by Crippen LogP contribution is -2.44. The van der Waals surface area contributed by atoms with Crippen molar-refractivity contribution in [3.05, 3.63) is 118 Å². The number of nitrogens with two attached hydrogens (primary N) is 1. The van der Waals surface area contributed by atoms with Gasteiger partial charge in [0.25, 0.3) is 0 Å². The Morgan fingerprint density at radius 2 is 1.63 bits per heavy atom. The van der Waals surface area contributed by atoms with Gasteiger partial charge in [-0.15, -0.1) is 0 Å². The normalized spacial score (nSPS) is 16.6. The predicted molar refractivity (Wildman–Crippen MR) is 223 cm³/mol. The van der Waals surface area contributed by atoms with E-state index in [9.17, 15) is 0 Å². The number of hydrogen-bond donors (Lipinski definition) is 1. The van der Waals surface area contributed by atoms with Gasteiger partial charge in [-0.25, -0.2) is 4.98 Å². The van der Waals surface area contributed by atoms with Crippen molar-refractivity contribution >= 4 is 30.0 Å². The molecule has 2 aliphatic rings. The van der Waals surface area contributed by atoms with E-state index < -0.39 is 0 Å². The second-order valence-corrected chi connectivity index (χ2v) is 14.0. The minimum Gasteiger partial charge on any atom is -0.321 e. The van der Waals surface area contributed by atoms with Gasteiger partial charge in [-0.05, 0) is 114 Å². The molecule has 2 nitrogen and oxygen atoms in total. The van der Waals surface area contributed by atoms with Crippen LogP contribution >= 0.6 is 11.8 Å². The third kappa shape index (κ3) is 12.4. The average molecular weight is 681 g/mol. The molecule has 0 amide bonds. The van der Waals surface area contributed by atoms with Crippen LogP contribution in [0.4, 0.5) is 0 Å².